The minimum Gasteiger partial charge on any atom is -0.490 e. The van der Waals surface area contributed by atoms with Crippen LogP contribution >= 0.6 is 15.9 Å². The zero-order valence-corrected chi connectivity index (χ0v) is 18.5. The van der Waals surface area contributed by atoms with E-state index in [0.29, 0.717) is 28.6 Å². The van der Waals surface area contributed by atoms with Gasteiger partial charge in [-0.3, -0.25) is 0 Å². The molecule has 0 aliphatic carbocycles. The summed E-state index contributed by atoms with van der Waals surface area (Å²) >= 11 is 3.22. The van der Waals surface area contributed by atoms with Gasteiger partial charge in [0, 0.05) is 5.69 Å². The molecule has 1 aromatic carbocycles. The molecule has 0 radical (unpaired) electrons. The fourth-order valence-electron chi connectivity index (χ4n) is 2.28. The maximum Gasteiger partial charge on any atom is 0.360 e. The number of nitrogens with one attached hydrogen (secondary N) is 1. The van der Waals surface area contributed by atoms with E-state index in [9.17, 15) is 4.79 Å². The van der Waals surface area contributed by atoms with Crippen molar-refractivity contribution >= 4 is 27.6 Å². The molecular formula is C21H25BrN2O5. The quantitative estimate of drug-likeness (QED) is 0.247. The van der Waals surface area contributed by atoms with Gasteiger partial charge in [-0.25, -0.2) is 9.78 Å². The number of hydrogen-bond donors (Lipinski definition) is 1. The van der Waals surface area contributed by atoms with Gasteiger partial charge in [-0.1, -0.05) is 0 Å². The Balaban J connectivity index is 1.83. The highest BCUT2D eigenvalue weighted by Gasteiger charge is 2.16. The van der Waals surface area contributed by atoms with Crippen molar-refractivity contribution in [3.8, 4) is 11.5 Å². The lowest BCUT2D eigenvalue weighted by Crippen LogP contribution is -2.21. The van der Waals surface area contributed by atoms with Crippen molar-refractivity contribution in [3.63, 3.8) is 0 Å². The average Bonchev–Trinajstić information content (AvgIpc) is 2.65. The Bertz CT molecular complexity index is 847. The monoisotopic (exact) mass is 464 g/mol. The van der Waals surface area contributed by atoms with Crippen LogP contribution in [0.5, 0.6) is 11.5 Å². The molecule has 156 valence electrons. The molecule has 0 amide bonds. The van der Waals surface area contributed by atoms with Gasteiger partial charge >= 0.3 is 5.97 Å². The molecule has 0 fully saturated rings. The maximum atomic E-state index is 11.8. The molecule has 0 bridgehead atoms. The second-order valence-corrected chi connectivity index (χ2v) is 7.77. The molecular weight excluding hydrogens is 440 g/mol. The predicted molar refractivity (Wildman–Crippen MR) is 114 cm³/mol. The summed E-state index contributed by atoms with van der Waals surface area (Å²) in [6.45, 7) is 10.3. The second kappa shape index (κ2) is 10.2. The van der Waals surface area contributed by atoms with E-state index in [1.165, 1.54) is 7.11 Å². The SMILES string of the molecule is C=C(Nc1ccc(OCCOc2ccc(Br)nc2C(=O)OC)cc1)OC(C)(C)C. The first-order valence-electron chi connectivity index (χ1n) is 8.93. The lowest BCUT2D eigenvalue weighted by molar-refractivity contribution is 0.0563. The number of esters is 1. The summed E-state index contributed by atoms with van der Waals surface area (Å²) < 4.78 is 22.2. The highest BCUT2D eigenvalue weighted by molar-refractivity contribution is 9.10. The van der Waals surface area contributed by atoms with Crippen LogP contribution in [0.2, 0.25) is 0 Å². The number of hydrogen-bond acceptors (Lipinski definition) is 7. The van der Waals surface area contributed by atoms with Gasteiger partial charge in [0.25, 0.3) is 0 Å². The predicted octanol–water partition coefficient (Wildman–Crippen LogP) is 4.79. The number of benzene rings is 1. The largest absolute Gasteiger partial charge is 0.490 e. The topological polar surface area (TPSA) is 78.9 Å². The highest BCUT2D eigenvalue weighted by atomic mass is 79.9. The van der Waals surface area contributed by atoms with Crippen molar-refractivity contribution in [3.05, 3.63) is 59.2 Å². The van der Waals surface area contributed by atoms with E-state index >= 15 is 0 Å². The number of carbonyl (C=O) groups is 1. The van der Waals surface area contributed by atoms with Crippen molar-refractivity contribution in [2.75, 3.05) is 25.6 Å². The lowest BCUT2D eigenvalue weighted by Gasteiger charge is -2.23. The first-order valence-corrected chi connectivity index (χ1v) is 9.73. The molecule has 0 atom stereocenters. The van der Waals surface area contributed by atoms with E-state index in [2.05, 4.69) is 32.8 Å². The Morgan fingerprint density at radius 1 is 1.10 bits per heavy atom. The number of rotatable bonds is 9. The van der Waals surface area contributed by atoms with Crippen molar-refractivity contribution in [2.45, 2.75) is 26.4 Å². The number of aromatic nitrogens is 1. The van der Waals surface area contributed by atoms with Gasteiger partial charge < -0.3 is 24.3 Å². The van der Waals surface area contributed by atoms with Crippen LogP contribution in [0.15, 0.2) is 53.5 Å². The second-order valence-electron chi connectivity index (χ2n) is 6.96. The molecule has 0 spiro atoms. The van der Waals surface area contributed by atoms with Crippen LogP contribution in [-0.4, -0.2) is 36.9 Å². The smallest absolute Gasteiger partial charge is 0.360 e. The van der Waals surface area contributed by atoms with Crippen LogP contribution < -0.4 is 14.8 Å². The van der Waals surface area contributed by atoms with Gasteiger partial charge in [0.05, 0.1) is 7.11 Å². The van der Waals surface area contributed by atoms with Gasteiger partial charge in [0.15, 0.2) is 17.3 Å². The molecule has 2 aromatic rings. The molecule has 7 nitrogen and oxygen atoms in total. The number of pyridine rings is 1. The van der Waals surface area contributed by atoms with E-state index in [4.69, 9.17) is 18.9 Å². The summed E-state index contributed by atoms with van der Waals surface area (Å²) in [6.07, 6.45) is 0. The summed E-state index contributed by atoms with van der Waals surface area (Å²) in [5, 5.41) is 3.09. The van der Waals surface area contributed by atoms with Crippen LogP contribution in [0.1, 0.15) is 31.3 Å². The van der Waals surface area contributed by atoms with Crippen molar-refractivity contribution in [1.29, 1.82) is 0 Å². The van der Waals surface area contributed by atoms with Crippen LogP contribution in [0.25, 0.3) is 0 Å². The average molecular weight is 465 g/mol. The van der Waals surface area contributed by atoms with Crippen LogP contribution in [-0.2, 0) is 9.47 Å². The summed E-state index contributed by atoms with van der Waals surface area (Å²) in [6, 6.07) is 10.7. The van der Waals surface area contributed by atoms with Gasteiger partial charge in [-0.15, -0.1) is 0 Å². The van der Waals surface area contributed by atoms with E-state index < -0.39 is 5.97 Å². The van der Waals surface area contributed by atoms with E-state index in [1.54, 1.807) is 12.1 Å². The van der Waals surface area contributed by atoms with Gasteiger partial charge in [0.2, 0.25) is 0 Å². The van der Waals surface area contributed by atoms with Crippen molar-refractivity contribution in [2.24, 2.45) is 0 Å². The van der Waals surface area contributed by atoms with E-state index in [1.807, 2.05) is 45.0 Å². The minimum absolute atomic E-state index is 0.106. The van der Waals surface area contributed by atoms with Gasteiger partial charge in [-0.05, 0) is 79.7 Å². The number of ether oxygens (including phenoxy) is 4. The molecule has 2 rings (SSSR count). The number of nitrogens with zero attached hydrogens (tertiary/aromatic N) is 1. The van der Waals surface area contributed by atoms with Gasteiger partial charge in [0.1, 0.15) is 29.2 Å². The van der Waals surface area contributed by atoms with Crippen molar-refractivity contribution in [1.82, 2.24) is 4.98 Å². The molecule has 0 aliphatic rings. The Hall–Kier alpha value is -2.74. The summed E-state index contributed by atoms with van der Waals surface area (Å²) in [7, 11) is 1.29. The fourth-order valence-corrected chi connectivity index (χ4v) is 2.59. The number of anilines is 1. The molecule has 0 saturated heterocycles. The molecule has 0 unspecified atom stereocenters. The first kappa shape index (κ1) is 22.5. The number of methoxy groups -OCH3 is 1. The van der Waals surface area contributed by atoms with Crippen LogP contribution in [0.3, 0.4) is 0 Å². The normalized spacial score (nSPS) is 10.8. The highest BCUT2D eigenvalue weighted by Crippen LogP contribution is 2.21. The van der Waals surface area contributed by atoms with E-state index in [0.717, 1.165) is 5.69 Å². The molecule has 8 heteroatoms. The third-order valence-electron chi connectivity index (χ3n) is 3.38. The molecule has 29 heavy (non-hydrogen) atoms. The lowest BCUT2D eigenvalue weighted by atomic mass is 10.2. The fraction of sp³-hybridized carbons (Fsp3) is 0.333. The molecule has 1 heterocycles. The van der Waals surface area contributed by atoms with Crippen molar-refractivity contribution < 1.29 is 23.7 Å². The third-order valence-corrected chi connectivity index (χ3v) is 3.82. The zero-order valence-electron chi connectivity index (χ0n) is 17.0. The maximum absolute atomic E-state index is 11.8. The zero-order chi connectivity index (χ0) is 21.4. The van der Waals surface area contributed by atoms with Gasteiger partial charge in [-0.2, -0.15) is 0 Å². The molecule has 0 saturated carbocycles. The Morgan fingerprint density at radius 3 is 2.38 bits per heavy atom. The Kier molecular flexibility index (Phi) is 7.90. The summed E-state index contributed by atoms with van der Waals surface area (Å²) in [5.41, 5.74) is 0.632. The summed E-state index contributed by atoms with van der Waals surface area (Å²) in [4.78, 5) is 15.9. The Labute approximate surface area is 179 Å². The van der Waals surface area contributed by atoms with Crippen LogP contribution in [0, 0.1) is 0 Å². The number of carbonyl (C=O) groups excluding carboxylic acids is 1. The third kappa shape index (κ3) is 7.65. The first-order chi connectivity index (χ1) is 13.7. The standard InChI is InChI=1S/C21H25BrN2O5/c1-14(29-21(2,3)4)23-15-6-8-16(9-7-15)27-12-13-28-17-10-11-18(22)24-19(17)20(25)26-5/h6-11,23H,1,12-13H2,2-5H3. The molecule has 1 aromatic heterocycles. The van der Waals surface area contributed by atoms with Crippen LogP contribution in [0.4, 0.5) is 5.69 Å². The number of halogens is 1. The van der Waals surface area contributed by atoms with E-state index in [-0.39, 0.29) is 17.9 Å². The Morgan fingerprint density at radius 2 is 1.76 bits per heavy atom. The summed E-state index contributed by atoms with van der Waals surface area (Å²) in [5.74, 6) is 0.926. The minimum atomic E-state index is -0.567. The molecule has 0 aliphatic heterocycles. The molecule has 1 N–H and O–H groups in total.